The van der Waals surface area contributed by atoms with E-state index in [4.69, 9.17) is 17.3 Å². The van der Waals surface area contributed by atoms with Crippen LogP contribution in [-0.4, -0.2) is 18.0 Å². The van der Waals surface area contributed by atoms with Gasteiger partial charge in [-0.15, -0.1) is 0 Å². The fourth-order valence-electron chi connectivity index (χ4n) is 3.35. The minimum absolute atomic E-state index is 0.0915. The van der Waals surface area contributed by atoms with E-state index < -0.39 is 0 Å². The molecule has 96 valence electrons. The summed E-state index contributed by atoms with van der Waals surface area (Å²) in [6, 6.07) is 7.89. The fraction of sp³-hybridized carbons (Fsp3) is 0.500. The van der Waals surface area contributed by atoms with Gasteiger partial charge in [0.1, 0.15) is 0 Å². The lowest BCUT2D eigenvalue weighted by Crippen LogP contribution is -2.50. The molecule has 0 saturated heterocycles. The summed E-state index contributed by atoms with van der Waals surface area (Å²) >= 11 is 6.09. The molecule has 1 fully saturated rings. The summed E-state index contributed by atoms with van der Waals surface area (Å²) in [6.07, 6.45) is 3.56. The zero-order chi connectivity index (χ0) is 12.8. The molecule has 18 heavy (non-hydrogen) atoms. The lowest BCUT2D eigenvalue weighted by atomic mass is 9.94. The van der Waals surface area contributed by atoms with Gasteiger partial charge in [0.05, 0.1) is 12.1 Å². The average Bonchev–Trinajstić information content (AvgIpc) is 2.84. The predicted molar refractivity (Wildman–Crippen MR) is 76.2 cm³/mol. The molecule has 2 N–H and O–H groups in total. The van der Waals surface area contributed by atoms with Crippen LogP contribution in [0.25, 0.3) is 0 Å². The first-order chi connectivity index (χ1) is 8.61. The van der Waals surface area contributed by atoms with Gasteiger partial charge in [-0.05, 0) is 43.4 Å². The molecule has 0 bridgehead atoms. The first kappa shape index (κ1) is 11.8. The van der Waals surface area contributed by atoms with Gasteiger partial charge in [-0.1, -0.05) is 24.6 Å². The van der Waals surface area contributed by atoms with E-state index in [0.717, 1.165) is 36.0 Å². The molecule has 4 heteroatoms. The van der Waals surface area contributed by atoms with Gasteiger partial charge in [0.2, 0.25) is 0 Å². The molecule has 2 aliphatic rings. The Kier molecular flexibility index (Phi) is 2.74. The second kappa shape index (κ2) is 4.16. The van der Waals surface area contributed by atoms with Crippen LogP contribution < -0.4 is 10.6 Å². The third kappa shape index (κ3) is 1.77. The van der Waals surface area contributed by atoms with Crippen LogP contribution in [0.2, 0.25) is 5.02 Å². The van der Waals surface area contributed by atoms with Gasteiger partial charge in [-0.2, -0.15) is 0 Å². The number of halogens is 1. The van der Waals surface area contributed by atoms with Gasteiger partial charge in [0, 0.05) is 10.7 Å². The summed E-state index contributed by atoms with van der Waals surface area (Å²) in [5.74, 6) is 1.37. The Morgan fingerprint density at radius 1 is 1.50 bits per heavy atom. The van der Waals surface area contributed by atoms with Gasteiger partial charge < -0.3 is 10.6 Å². The Morgan fingerprint density at radius 2 is 2.33 bits per heavy atom. The van der Waals surface area contributed by atoms with Crippen molar-refractivity contribution in [1.29, 1.82) is 0 Å². The third-order valence-corrected chi connectivity index (χ3v) is 4.37. The lowest BCUT2D eigenvalue weighted by Gasteiger charge is -2.36. The number of nitrogens with zero attached hydrogens (tertiary/aromatic N) is 2. The van der Waals surface area contributed by atoms with Gasteiger partial charge in [0.15, 0.2) is 5.96 Å². The molecule has 1 spiro atoms. The highest BCUT2D eigenvalue weighted by Gasteiger charge is 2.47. The highest BCUT2D eigenvalue weighted by Crippen LogP contribution is 2.43. The molecule has 1 aromatic carbocycles. The standard InChI is InChI=1S/C14H18ClN3/c1-10-5-6-14(8-10)9-17-13(16)18(14)12-4-2-3-11(15)7-12/h2-4,7,10H,5-6,8-9H2,1H3,(H2,16,17). The normalized spacial score (nSPS) is 31.1. The van der Waals surface area contributed by atoms with E-state index in [0.29, 0.717) is 5.96 Å². The van der Waals surface area contributed by atoms with Crippen molar-refractivity contribution in [3.05, 3.63) is 29.3 Å². The van der Waals surface area contributed by atoms with Crippen molar-refractivity contribution >= 4 is 23.2 Å². The molecular formula is C14H18ClN3. The Morgan fingerprint density at radius 3 is 3.00 bits per heavy atom. The number of guanidine groups is 1. The molecule has 0 aromatic heterocycles. The molecule has 1 aromatic rings. The summed E-state index contributed by atoms with van der Waals surface area (Å²) in [6.45, 7) is 3.12. The van der Waals surface area contributed by atoms with E-state index in [-0.39, 0.29) is 5.54 Å². The molecule has 1 saturated carbocycles. The van der Waals surface area contributed by atoms with E-state index in [1.807, 2.05) is 18.2 Å². The SMILES string of the molecule is CC1CCC2(CN=C(N)N2c2cccc(Cl)c2)C1. The van der Waals surface area contributed by atoms with Crippen LogP contribution in [0, 0.1) is 5.92 Å². The minimum Gasteiger partial charge on any atom is -0.369 e. The van der Waals surface area contributed by atoms with E-state index in [9.17, 15) is 0 Å². The quantitative estimate of drug-likeness (QED) is 0.846. The van der Waals surface area contributed by atoms with Crippen molar-refractivity contribution < 1.29 is 0 Å². The summed E-state index contributed by atoms with van der Waals surface area (Å²) in [7, 11) is 0. The second-order valence-electron chi connectivity index (χ2n) is 5.56. The van der Waals surface area contributed by atoms with Crippen molar-refractivity contribution in [3.8, 4) is 0 Å². The zero-order valence-corrected chi connectivity index (χ0v) is 11.3. The number of nitrogens with two attached hydrogens (primary N) is 1. The van der Waals surface area contributed by atoms with E-state index in [1.165, 1.54) is 6.42 Å². The molecule has 1 aliphatic heterocycles. The Hall–Kier alpha value is -1.22. The van der Waals surface area contributed by atoms with Gasteiger partial charge in [-0.25, -0.2) is 0 Å². The number of hydrogen-bond donors (Lipinski definition) is 1. The molecule has 1 aliphatic carbocycles. The van der Waals surface area contributed by atoms with E-state index >= 15 is 0 Å². The largest absolute Gasteiger partial charge is 0.369 e. The van der Waals surface area contributed by atoms with Crippen molar-refractivity contribution in [2.45, 2.75) is 31.7 Å². The maximum atomic E-state index is 6.09. The first-order valence-corrected chi connectivity index (χ1v) is 6.84. The van der Waals surface area contributed by atoms with Crippen LogP contribution in [0.5, 0.6) is 0 Å². The Bertz CT molecular complexity index is 500. The van der Waals surface area contributed by atoms with Crippen molar-refractivity contribution in [1.82, 2.24) is 0 Å². The molecular weight excluding hydrogens is 246 g/mol. The number of hydrogen-bond acceptors (Lipinski definition) is 3. The Labute approximate surface area is 113 Å². The smallest absolute Gasteiger partial charge is 0.196 e. The van der Waals surface area contributed by atoms with Crippen molar-refractivity contribution in [2.24, 2.45) is 16.6 Å². The fourth-order valence-corrected chi connectivity index (χ4v) is 3.53. The highest BCUT2D eigenvalue weighted by atomic mass is 35.5. The number of rotatable bonds is 1. The number of benzene rings is 1. The zero-order valence-electron chi connectivity index (χ0n) is 10.6. The van der Waals surface area contributed by atoms with Crippen LogP contribution in [0.1, 0.15) is 26.2 Å². The van der Waals surface area contributed by atoms with Gasteiger partial charge in [-0.3, -0.25) is 4.99 Å². The van der Waals surface area contributed by atoms with E-state index in [1.54, 1.807) is 0 Å². The maximum absolute atomic E-state index is 6.09. The third-order valence-electron chi connectivity index (χ3n) is 4.14. The summed E-state index contributed by atoms with van der Waals surface area (Å²) in [5.41, 5.74) is 7.25. The summed E-state index contributed by atoms with van der Waals surface area (Å²) in [4.78, 5) is 6.67. The van der Waals surface area contributed by atoms with Crippen LogP contribution in [0.3, 0.4) is 0 Å². The summed E-state index contributed by atoms with van der Waals surface area (Å²) in [5, 5.41) is 0.744. The first-order valence-electron chi connectivity index (χ1n) is 6.46. The summed E-state index contributed by atoms with van der Waals surface area (Å²) < 4.78 is 0. The van der Waals surface area contributed by atoms with Crippen LogP contribution in [-0.2, 0) is 0 Å². The molecule has 3 rings (SSSR count). The Balaban J connectivity index is 2.00. The van der Waals surface area contributed by atoms with Crippen LogP contribution in [0.4, 0.5) is 5.69 Å². The molecule has 0 amide bonds. The maximum Gasteiger partial charge on any atom is 0.196 e. The van der Waals surface area contributed by atoms with E-state index in [2.05, 4.69) is 22.9 Å². The van der Waals surface area contributed by atoms with Crippen molar-refractivity contribution in [3.63, 3.8) is 0 Å². The van der Waals surface area contributed by atoms with Gasteiger partial charge in [0.25, 0.3) is 0 Å². The number of aliphatic imine (C=N–C) groups is 1. The van der Waals surface area contributed by atoms with Crippen LogP contribution in [0.15, 0.2) is 29.3 Å². The average molecular weight is 264 g/mol. The van der Waals surface area contributed by atoms with Crippen LogP contribution >= 0.6 is 11.6 Å². The monoisotopic (exact) mass is 263 g/mol. The molecule has 1 heterocycles. The minimum atomic E-state index is 0.0915. The molecule has 0 radical (unpaired) electrons. The highest BCUT2D eigenvalue weighted by molar-refractivity contribution is 6.31. The molecule has 2 unspecified atom stereocenters. The van der Waals surface area contributed by atoms with Crippen molar-refractivity contribution in [2.75, 3.05) is 11.4 Å². The van der Waals surface area contributed by atoms with Gasteiger partial charge >= 0.3 is 0 Å². The molecule has 3 nitrogen and oxygen atoms in total. The second-order valence-corrected chi connectivity index (χ2v) is 6.00. The lowest BCUT2D eigenvalue weighted by molar-refractivity contribution is 0.452. The predicted octanol–water partition coefficient (Wildman–Crippen LogP) is 3.03. The molecule has 2 atom stereocenters. The topological polar surface area (TPSA) is 41.6 Å². The number of anilines is 1.